The molecule has 5 heteroatoms. The highest BCUT2D eigenvalue weighted by atomic mass is 19.1. The van der Waals surface area contributed by atoms with Gasteiger partial charge in [-0.1, -0.05) is 6.07 Å². The summed E-state index contributed by atoms with van der Waals surface area (Å²) in [7, 11) is 1.84. The highest BCUT2D eigenvalue weighted by Gasteiger charge is 2.23. The van der Waals surface area contributed by atoms with Crippen LogP contribution < -0.4 is 11.1 Å². The van der Waals surface area contributed by atoms with Crippen molar-refractivity contribution in [2.24, 2.45) is 5.73 Å². The van der Waals surface area contributed by atoms with Crippen molar-refractivity contribution in [3.63, 3.8) is 0 Å². The van der Waals surface area contributed by atoms with Gasteiger partial charge in [-0.15, -0.1) is 0 Å². The Bertz CT molecular complexity index is 460. The fraction of sp³-hybridized carbons (Fsp3) is 0.500. The van der Waals surface area contributed by atoms with E-state index < -0.39 is 0 Å². The lowest BCUT2D eigenvalue weighted by atomic mass is 10.1. The summed E-state index contributed by atoms with van der Waals surface area (Å²) in [4.78, 5) is 13.5. The summed E-state index contributed by atoms with van der Waals surface area (Å²) in [5, 5.41) is 2.93. The van der Waals surface area contributed by atoms with E-state index in [1.807, 2.05) is 11.9 Å². The van der Waals surface area contributed by atoms with Gasteiger partial charge >= 0.3 is 0 Å². The van der Waals surface area contributed by atoms with Crippen LogP contribution in [0.15, 0.2) is 18.2 Å². The van der Waals surface area contributed by atoms with Crippen LogP contribution in [0, 0.1) is 5.82 Å². The molecule has 0 heterocycles. The maximum Gasteiger partial charge on any atom is 0.234 e. The molecular formula is C14H20FN3O. The molecule has 0 bridgehead atoms. The van der Waals surface area contributed by atoms with E-state index >= 15 is 0 Å². The van der Waals surface area contributed by atoms with Gasteiger partial charge in [-0.3, -0.25) is 9.69 Å². The summed E-state index contributed by atoms with van der Waals surface area (Å²) in [6.45, 7) is 1.21. The Labute approximate surface area is 112 Å². The number of amides is 1. The highest BCUT2D eigenvalue weighted by Crippen LogP contribution is 2.18. The van der Waals surface area contributed by atoms with Gasteiger partial charge in [0, 0.05) is 19.1 Å². The molecule has 4 nitrogen and oxygen atoms in total. The second-order valence-electron chi connectivity index (χ2n) is 5.13. The summed E-state index contributed by atoms with van der Waals surface area (Å²) in [6, 6.07) is 4.96. The first-order chi connectivity index (χ1) is 9.08. The molecule has 0 atom stereocenters. The SMILES string of the molecule is CN(CC(=O)NC1CC1)Cc1cc(F)ccc1CN. The number of rotatable bonds is 6. The van der Waals surface area contributed by atoms with E-state index in [0.717, 1.165) is 24.0 Å². The van der Waals surface area contributed by atoms with Crippen LogP contribution in [0.5, 0.6) is 0 Å². The minimum Gasteiger partial charge on any atom is -0.352 e. The van der Waals surface area contributed by atoms with Gasteiger partial charge in [0.15, 0.2) is 0 Å². The van der Waals surface area contributed by atoms with Crippen LogP contribution >= 0.6 is 0 Å². The molecule has 0 spiro atoms. The van der Waals surface area contributed by atoms with E-state index in [2.05, 4.69) is 5.32 Å². The Morgan fingerprint density at radius 2 is 2.21 bits per heavy atom. The third kappa shape index (κ3) is 4.29. The Hall–Kier alpha value is -1.46. The molecule has 3 N–H and O–H groups in total. The third-order valence-corrected chi connectivity index (χ3v) is 3.18. The summed E-state index contributed by atoms with van der Waals surface area (Å²) in [5.41, 5.74) is 7.38. The van der Waals surface area contributed by atoms with Crippen molar-refractivity contribution in [1.82, 2.24) is 10.2 Å². The zero-order chi connectivity index (χ0) is 13.8. The predicted molar refractivity (Wildman–Crippen MR) is 71.8 cm³/mol. The fourth-order valence-electron chi connectivity index (χ4n) is 2.03. The Morgan fingerprint density at radius 3 is 2.84 bits per heavy atom. The van der Waals surface area contributed by atoms with Gasteiger partial charge in [-0.2, -0.15) is 0 Å². The van der Waals surface area contributed by atoms with Gasteiger partial charge in [0.05, 0.1) is 6.54 Å². The van der Waals surface area contributed by atoms with Gasteiger partial charge in [-0.25, -0.2) is 4.39 Å². The number of carbonyl (C=O) groups is 1. The number of likely N-dealkylation sites (N-methyl/N-ethyl adjacent to an activating group) is 1. The van der Waals surface area contributed by atoms with Crippen LogP contribution in [0.3, 0.4) is 0 Å². The van der Waals surface area contributed by atoms with Crippen molar-refractivity contribution in [3.05, 3.63) is 35.1 Å². The number of nitrogens with zero attached hydrogens (tertiary/aromatic N) is 1. The van der Waals surface area contributed by atoms with Crippen LogP contribution in [-0.4, -0.2) is 30.4 Å². The molecule has 0 aliphatic heterocycles. The number of benzene rings is 1. The van der Waals surface area contributed by atoms with E-state index in [0.29, 0.717) is 25.7 Å². The van der Waals surface area contributed by atoms with Crippen molar-refractivity contribution in [2.45, 2.75) is 32.0 Å². The molecule has 19 heavy (non-hydrogen) atoms. The van der Waals surface area contributed by atoms with E-state index in [9.17, 15) is 9.18 Å². The molecule has 1 amide bonds. The minimum atomic E-state index is -0.275. The number of nitrogens with one attached hydrogen (secondary N) is 1. The summed E-state index contributed by atoms with van der Waals surface area (Å²) in [6.07, 6.45) is 2.16. The van der Waals surface area contributed by atoms with Gasteiger partial charge in [0.1, 0.15) is 5.82 Å². The molecule has 104 valence electrons. The maximum atomic E-state index is 13.2. The Morgan fingerprint density at radius 1 is 1.47 bits per heavy atom. The van der Waals surface area contributed by atoms with E-state index in [1.165, 1.54) is 12.1 Å². The van der Waals surface area contributed by atoms with Crippen LogP contribution in [0.2, 0.25) is 0 Å². The van der Waals surface area contributed by atoms with E-state index in [1.54, 1.807) is 6.07 Å². The van der Waals surface area contributed by atoms with Crippen molar-refractivity contribution < 1.29 is 9.18 Å². The molecule has 1 saturated carbocycles. The number of nitrogens with two attached hydrogens (primary N) is 1. The second-order valence-corrected chi connectivity index (χ2v) is 5.13. The molecule has 1 aliphatic rings. The predicted octanol–water partition coefficient (Wildman–Crippen LogP) is 0.995. The molecule has 1 fully saturated rings. The van der Waals surface area contributed by atoms with Gasteiger partial charge in [-0.05, 0) is 43.1 Å². The van der Waals surface area contributed by atoms with Crippen LogP contribution in [-0.2, 0) is 17.9 Å². The van der Waals surface area contributed by atoms with Crippen molar-refractivity contribution in [3.8, 4) is 0 Å². The Kier molecular flexibility index (Phi) is 4.50. The van der Waals surface area contributed by atoms with Gasteiger partial charge in [0.2, 0.25) is 5.91 Å². The van der Waals surface area contributed by atoms with Crippen molar-refractivity contribution in [1.29, 1.82) is 0 Å². The molecule has 0 unspecified atom stereocenters. The standard InChI is InChI=1S/C14H20FN3O/c1-18(9-14(19)17-13-4-5-13)8-11-6-12(15)3-2-10(11)7-16/h2-3,6,13H,4-5,7-9,16H2,1H3,(H,17,19). The average Bonchev–Trinajstić information content (AvgIpc) is 3.12. The molecule has 0 radical (unpaired) electrons. The lowest BCUT2D eigenvalue weighted by Crippen LogP contribution is -2.36. The molecular weight excluding hydrogens is 245 g/mol. The summed E-state index contributed by atoms with van der Waals surface area (Å²) >= 11 is 0. The normalized spacial score (nSPS) is 14.7. The first-order valence-corrected chi connectivity index (χ1v) is 6.53. The van der Waals surface area contributed by atoms with E-state index in [4.69, 9.17) is 5.73 Å². The molecule has 1 aliphatic carbocycles. The first-order valence-electron chi connectivity index (χ1n) is 6.53. The molecule has 1 aromatic carbocycles. The summed E-state index contributed by atoms with van der Waals surface area (Å²) in [5.74, 6) is -0.251. The van der Waals surface area contributed by atoms with Crippen LogP contribution in [0.25, 0.3) is 0 Å². The first kappa shape index (κ1) is 14.0. The van der Waals surface area contributed by atoms with Crippen molar-refractivity contribution >= 4 is 5.91 Å². The zero-order valence-corrected chi connectivity index (χ0v) is 11.2. The van der Waals surface area contributed by atoms with Gasteiger partial charge < -0.3 is 11.1 Å². The highest BCUT2D eigenvalue weighted by molar-refractivity contribution is 5.78. The Balaban J connectivity index is 1.91. The number of halogens is 1. The second kappa shape index (κ2) is 6.12. The smallest absolute Gasteiger partial charge is 0.234 e. The zero-order valence-electron chi connectivity index (χ0n) is 11.2. The maximum absolute atomic E-state index is 13.2. The van der Waals surface area contributed by atoms with Crippen LogP contribution in [0.1, 0.15) is 24.0 Å². The monoisotopic (exact) mass is 265 g/mol. The number of carbonyl (C=O) groups excluding carboxylic acids is 1. The van der Waals surface area contributed by atoms with Gasteiger partial charge in [0.25, 0.3) is 0 Å². The topological polar surface area (TPSA) is 58.4 Å². The van der Waals surface area contributed by atoms with Crippen LogP contribution in [0.4, 0.5) is 4.39 Å². The average molecular weight is 265 g/mol. The lowest BCUT2D eigenvalue weighted by Gasteiger charge is -2.18. The number of hydrogen-bond acceptors (Lipinski definition) is 3. The molecule has 0 saturated heterocycles. The fourth-order valence-corrected chi connectivity index (χ4v) is 2.03. The summed E-state index contributed by atoms with van der Waals surface area (Å²) < 4.78 is 13.2. The van der Waals surface area contributed by atoms with Crippen molar-refractivity contribution in [2.75, 3.05) is 13.6 Å². The third-order valence-electron chi connectivity index (χ3n) is 3.18. The minimum absolute atomic E-state index is 0.0238. The quantitative estimate of drug-likeness (QED) is 0.806. The number of hydrogen-bond donors (Lipinski definition) is 2. The largest absolute Gasteiger partial charge is 0.352 e. The molecule has 1 aromatic rings. The van der Waals surface area contributed by atoms with E-state index in [-0.39, 0.29) is 11.7 Å². The molecule has 2 rings (SSSR count). The lowest BCUT2D eigenvalue weighted by molar-refractivity contribution is -0.122. The molecule has 0 aromatic heterocycles.